The van der Waals surface area contributed by atoms with Crippen molar-refractivity contribution in [3.8, 4) is 0 Å². The summed E-state index contributed by atoms with van der Waals surface area (Å²) >= 11 is 10.1. The first-order valence-corrected chi connectivity index (χ1v) is 6.89. The number of rotatable bonds is 5. The Morgan fingerprint density at radius 2 is 1.76 bits per heavy atom. The number of alkyl halides is 2. The molecule has 21 heavy (non-hydrogen) atoms. The van der Waals surface area contributed by atoms with Gasteiger partial charge in [-0.3, -0.25) is 14.9 Å². The lowest BCUT2D eigenvalue weighted by atomic mass is 9.98. The molecule has 0 fully saturated rings. The number of non-ortho nitro benzene ring substituents is 1. The Bertz CT molecular complexity index is 464. The van der Waals surface area contributed by atoms with E-state index in [1.165, 1.54) is 31.2 Å². The number of benzene rings is 1. The Kier molecular flexibility index (Phi) is 9.12. The molecule has 0 aliphatic rings. The fraction of sp³-hybridized carbons (Fsp3) is 0.462. The van der Waals surface area contributed by atoms with Crippen molar-refractivity contribution < 1.29 is 19.9 Å². The molecule has 8 heteroatoms. The first-order chi connectivity index (χ1) is 9.70. The van der Waals surface area contributed by atoms with Gasteiger partial charge in [0.25, 0.3) is 5.69 Å². The number of nitrogens with zero attached hydrogens (tertiary/aromatic N) is 1. The molecule has 0 heterocycles. The van der Waals surface area contributed by atoms with Crippen LogP contribution >= 0.6 is 23.2 Å². The largest absolute Gasteiger partial charge is 0.396 e. The molecule has 1 aromatic carbocycles. The second-order valence-electron chi connectivity index (χ2n) is 4.36. The maximum Gasteiger partial charge on any atom is 0.269 e. The number of Topliss-reactive ketones (excluding diaryl/α,β-unsaturated/α-hetero) is 1. The monoisotopic (exact) mass is 337 g/mol. The summed E-state index contributed by atoms with van der Waals surface area (Å²) in [6.45, 7) is 2.91. The normalized spacial score (nSPS) is 13.1. The van der Waals surface area contributed by atoms with Crippen molar-refractivity contribution in [2.45, 2.75) is 24.8 Å². The van der Waals surface area contributed by atoms with Crippen LogP contribution in [0.25, 0.3) is 0 Å². The molecule has 0 amide bonds. The highest BCUT2D eigenvalue weighted by Crippen LogP contribution is 2.23. The van der Waals surface area contributed by atoms with E-state index in [4.69, 9.17) is 28.3 Å². The summed E-state index contributed by atoms with van der Waals surface area (Å²) in [4.78, 5) is 18.9. The van der Waals surface area contributed by atoms with E-state index in [1.807, 2.05) is 0 Å². The van der Waals surface area contributed by atoms with E-state index in [0.29, 0.717) is 5.56 Å². The second kappa shape index (κ2) is 9.68. The molecule has 0 radical (unpaired) electrons. The molecule has 0 saturated carbocycles. The Hall–Kier alpha value is -1.21. The van der Waals surface area contributed by atoms with Gasteiger partial charge in [0, 0.05) is 24.7 Å². The average Bonchev–Trinajstić information content (AvgIpc) is 2.46. The van der Waals surface area contributed by atoms with Crippen molar-refractivity contribution in [2.75, 3.05) is 6.61 Å². The highest BCUT2D eigenvalue weighted by atomic mass is 35.5. The number of carbonyl (C=O) groups is 1. The van der Waals surface area contributed by atoms with Crippen molar-refractivity contribution in [1.82, 2.24) is 0 Å². The lowest BCUT2D eigenvalue weighted by Gasteiger charge is -2.16. The van der Waals surface area contributed by atoms with Gasteiger partial charge in [0.2, 0.25) is 0 Å². The standard InChI is InChI=1S/C10H13NO4.C3H4Cl2O/c1-7(6-12)10(13)8-2-4-9(5-3-8)11(14)15;1-2(6)3(4)5/h2-5,7,10,12-13H,6H2,1H3;3H,1H3. The summed E-state index contributed by atoms with van der Waals surface area (Å²) in [6.07, 6.45) is -0.796. The maximum atomic E-state index is 10.4. The van der Waals surface area contributed by atoms with Gasteiger partial charge in [-0.15, -0.1) is 0 Å². The quantitative estimate of drug-likeness (QED) is 0.488. The minimum atomic E-state index is -0.843. The second-order valence-corrected chi connectivity index (χ2v) is 5.46. The van der Waals surface area contributed by atoms with Crippen LogP contribution in [0.1, 0.15) is 25.5 Å². The number of ketones is 1. The summed E-state index contributed by atoms with van der Waals surface area (Å²) in [7, 11) is 0. The number of nitro benzene ring substituents is 1. The average molecular weight is 338 g/mol. The summed E-state index contributed by atoms with van der Waals surface area (Å²) in [5, 5.41) is 28.9. The molecule has 0 aliphatic heterocycles. The SMILES string of the molecule is CC(=O)C(Cl)Cl.CC(CO)C(O)c1ccc([N+](=O)[O-])cc1. The third kappa shape index (κ3) is 7.38. The molecule has 2 N–H and O–H groups in total. The van der Waals surface area contributed by atoms with Gasteiger partial charge in [0.1, 0.15) is 0 Å². The molecule has 0 bridgehead atoms. The van der Waals surface area contributed by atoms with Crippen LogP contribution < -0.4 is 0 Å². The number of carbonyl (C=O) groups excluding carboxylic acids is 1. The van der Waals surface area contributed by atoms with Crippen LogP contribution in [0.5, 0.6) is 0 Å². The number of hydrogen-bond donors (Lipinski definition) is 2. The summed E-state index contributed by atoms with van der Waals surface area (Å²) in [6, 6.07) is 5.66. The maximum absolute atomic E-state index is 10.4. The van der Waals surface area contributed by atoms with Crippen molar-refractivity contribution >= 4 is 34.7 Å². The fourth-order valence-electron chi connectivity index (χ4n) is 1.22. The van der Waals surface area contributed by atoms with Gasteiger partial charge in [-0.05, 0) is 24.6 Å². The molecular weight excluding hydrogens is 321 g/mol. The molecule has 1 aromatic rings. The van der Waals surface area contributed by atoms with Crippen molar-refractivity contribution in [1.29, 1.82) is 0 Å². The number of nitro groups is 1. The van der Waals surface area contributed by atoms with Gasteiger partial charge in [-0.2, -0.15) is 0 Å². The van der Waals surface area contributed by atoms with Crippen molar-refractivity contribution in [3.63, 3.8) is 0 Å². The van der Waals surface area contributed by atoms with Crippen LogP contribution in [0.15, 0.2) is 24.3 Å². The first kappa shape index (κ1) is 19.8. The van der Waals surface area contributed by atoms with Gasteiger partial charge in [-0.25, -0.2) is 0 Å². The molecule has 6 nitrogen and oxygen atoms in total. The number of aliphatic hydroxyl groups excluding tert-OH is 2. The summed E-state index contributed by atoms with van der Waals surface area (Å²) in [5.74, 6) is -0.496. The van der Waals surface area contributed by atoms with Gasteiger partial charge in [0.05, 0.1) is 11.0 Å². The van der Waals surface area contributed by atoms with E-state index in [0.717, 1.165) is 0 Å². The first-order valence-electron chi connectivity index (χ1n) is 6.02. The van der Waals surface area contributed by atoms with Crippen LogP contribution in [-0.2, 0) is 4.79 Å². The zero-order valence-electron chi connectivity index (χ0n) is 11.6. The van der Waals surface area contributed by atoms with Gasteiger partial charge < -0.3 is 10.2 Å². The Balaban J connectivity index is 0.000000567. The van der Waals surface area contributed by atoms with Crippen LogP contribution in [0.2, 0.25) is 0 Å². The van der Waals surface area contributed by atoms with Gasteiger partial charge in [0.15, 0.2) is 10.6 Å². The van der Waals surface area contributed by atoms with Crippen LogP contribution in [-0.4, -0.2) is 32.4 Å². The van der Waals surface area contributed by atoms with E-state index in [9.17, 15) is 20.0 Å². The Labute approximate surface area is 132 Å². The minimum Gasteiger partial charge on any atom is -0.396 e. The van der Waals surface area contributed by atoms with E-state index in [1.54, 1.807) is 6.92 Å². The topological polar surface area (TPSA) is 101 Å². The highest BCUT2D eigenvalue weighted by Gasteiger charge is 2.16. The molecule has 0 aliphatic carbocycles. The summed E-state index contributed by atoms with van der Waals surface area (Å²) in [5.41, 5.74) is 0.560. The molecule has 0 aromatic heterocycles. The highest BCUT2D eigenvalue weighted by molar-refractivity contribution is 6.53. The molecule has 2 atom stereocenters. The number of aliphatic hydroxyl groups is 2. The molecule has 0 saturated heterocycles. The van der Waals surface area contributed by atoms with Gasteiger partial charge >= 0.3 is 0 Å². The van der Waals surface area contributed by atoms with E-state index < -0.39 is 15.9 Å². The van der Waals surface area contributed by atoms with E-state index in [2.05, 4.69) is 0 Å². The van der Waals surface area contributed by atoms with Gasteiger partial charge in [-0.1, -0.05) is 30.1 Å². The molecule has 118 valence electrons. The van der Waals surface area contributed by atoms with E-state index >= 15 is 0 Å². The smallest absolute Gasteiger partial charge is 0.269 e. The Morgan fingerprint density at radius 1 is 1.33 bits per heavy atom. The van der Waals surface area contributed by atoms with Crippen molar-refractivity contribution in [2.24, 2.45) is 5.92 Å². The lowest BCUT2D eigenvalue weighted by molar-refractivity contribution is -0.384. The minimum absolute atomic E-state index is 0.0115. The van der Waals surface area contributed by atoms with Crippen LogP contribution in [0.3, 0.4) is 0 Å². The third-order valence-corrected chi connectivity index (χ3v) is 3.19. The van der Waals surface area contributed by atoms with Crippen LogP contribution in [0, 0.1) is 16.0 Å². The molecule has 0 spiro atoms. The predicted octanol–water partition coefficient (Wildman–Crippen LogP) is 2.64. The third-order valence-electron chi connectivity index (χ3n) is 2.58. The molecule has 1 rings (SSSR count). The van der Waals surface area contributed by atoms with E-state index in [-0.39, 0.29) is 24.0 Å². The summed E-state index contributed by atoms with van der Waals surface area (Å²) < 4.78 is 0. The van der Waals surface area contributed by atoms with Crippen LogP contribution in [0.4, 0.5) is 5.69 Å². The Morgan fingerprint density at radius 3 is 2.05 bits per heavy atom. The molecule has 2 unspecified atom stereocenters. The lowest BCUT2D eigenvalue weighted by Crippen LogP contribution is -2.12. The zero-order valence-corrected chi connectivity index (χ0v) is 13.1. The fourth-order valence-corrected chi connectivity index (χ4v) is 1.22. The molecular formula is C13H17Cl2NO5. The zero-order chi connectivity index (χ0) is 16.6. The number of halogens is 2. The van der Waals surface area contributed by atoms with Crippen molar-refractivity contribution in [3.05, 3.63) is 39.9 Å². The number of hydrogen-bond acceptors (Lipinski definition) is 5. The predicted molar refractivity (Wildman–Crippen MR) is 80.5 cm³/mol.